The molecular formula is C51H59N5O7. The quantitative estimate of drug-likeness (QED) is 0.167. The maximum Gasteiger partial charge on any atom is 0.255 e. The number of nitrogens with zero attached hydrogens (tertiary/aromatic N) is 4. The molecule has 12 nitrogen and oxygen atoms in total. The van der Waals surface area contributed by atoms with Crippen LogP contribution in [-0.2, 0) is 27.3 Å². The summed E-state index contributed by atoms with van der Waals surface area (Å²) in [6.45, 7) is 7.27. The van der Waals surface area contributed by atoms with Crippen LogP contribution in [-0.4, -0.2) is 117 Å². The Balaban J connectivity index is 0.762. The number of rotatable bonds is 11. The lowest BCUT2D eigenvalue weighted by Crippen LogP contribution is -2.58. The van der Waals surface area contributed by atoms with Crippen LogP contribution in [0.2, 0.25) is 0 Å². The van der Waals surface area contributed by atoms with E-state index in [9.17, 15) is 19.5 Å². The highest BCUT2D eigenvalue weighted by molar-refractivity contribution is 6.02. The fraction of sp³-hybridized carbons (Fsp3) is 0.471. The van der Waals surface area contributed by atoms with E-state index in [2.05, 4.69) is 80.7 Å². The Kier molecular flexibility index (Phi) is 11.3. The first kappa shape index (κ1) is 41.4. The number of carbonyl (C=O) groups is 3. The number of hydrogen-bond donors (Lipinski definition) is 2. The molecule has 63 heavy (non-hydrogen) atoms. The average Bonchev–Trinajstić information content (AvgIpc) is 3.86. The van der Waals surface area contributed by atoms with E-state index in [0.717, 1.165) is 107 Å². The number of aryl methyl sites for hydroxylation is 1. The lowest BCUT2D eigenvalue weighted by molar-refractivity contribution is -0.125. The molecule has 0 bridgehead atoms. The van der Waals surface area contributed by atoms with E-state index in [1.165, 1.54) is 27.9 Å². The zero-order valence-corrected chi connectivity index (χ0v) is 36.5. The van der Waals surface area contributed by atoms with E-state index in [1.54, 1.807) is 19.1 Å². The van der Waals surface area contributed by atoms with Crippen molar-refractivity contribution in [3.8, 4) is 17.2 Å². The molecule has 0 aromatic heterocycles. The predicted octanol–water partition coefficient (Wildman–Crippen LogP) is 6.27. The van der Waals surface area contributed by atoms with Crippen LogP contribution in [0.5, 0.6) is 17.2 Å². The number of likely N-dealkylation sites (N-methyl/N-ethyl adjacent to an activating group) is 1. The molecule has 5 heterocycles. The van der Waals surface area contributed by atoms with Gasteiger partial charge in [0.25, 0.3) is 5.91 Å². The number of benzene rings is 4. The minimum absolute atomic E-state index is 0.0874. The number of hydrogen-bond acceptors (Lipinski definition) is 10. The standard InChI is InChI=1S/C51H59N5O7/c1-52-49(59)44(9-6-22-57)56-29-36-24-45-47(26-43(36)50(56)60)62-32-38-30-53(20-21-55(38)45)28-33-27-51(63-31-33)16-18-54(19-17-51)37-11-14-42(46(25-37)61-2)48-40(34-7-4-3-5-8-34)13-10-35-23-39(58)12-15-41(35)48/h3-5,7-8,11-12,14-15,22-26,33,38,40,44,48,58H,6,9-10,13,16-21,27-32H2,1-2H3,(H,52,59). The number of phenolic OH excluding ortho intramolecular Hbond substituents is 1. The van der Waals surface area contributed by atoms with Crippen molar-refractivity contribution in [3.63, 3.8) is 0 Å². The van der Waals surface area contributed by atoms with E-state index in [4.69, 9.17) is 14.2 Å². The number of phenols is 1. The molecule has 2 N–H and O–H groups in total. The smallest absolute Gasteiger partial charge is 0.255 e. The molecule has 3 saturated heterocycles. The Morgan fingerprint density at radius 3 is 2.60 bits per heavy atom. The third-order valence-corrected chi connectivity index (χ3v) is 15.0. The Morgan fingerprint density at radius 1 is 0.984 bits per heavy atom. The summed E-state index contributed by atoms with van der Waals surface area (Å²) < 4.78 is 19.2. The summed E-state index contributed by atoms with van der Waals surface area (Å²) >= 11 is 0. The van der Waals surface area contributed by atoms with Crippen LogP contribution in [0.15, 0.2) is 78.9 Å². The largest absolute Gasteiger partial charge is 0.508 e. The number of fused-ring (bicyclic) bond motifs is 5. The monoisotopic (exact) mass is 853 g/mol. The van der Waals surface area contributed by atoms with Gasteiger partial charge < -0.3 is 44.1 Å². The van der Waals surface area contributed by atoms with Crippen molar-refractivity contribution in [1.29, 1.82) is 0 Å². The van der Waals surface area contributed by atoms with Gasteiger partial charge in [0, 0.05) is 88.1 Å². The fourth-order valence-electron chi connectivity index (χ4n) is 11.8. The van der Waals surface area contributed by atoms with Gasteiger partial charge in [0.15, 0.2) is 0 Å². The highest BCUT2D eigenvalue weighted by Crippen LogP contribution is 2.50. The summed E-state index contributed by atoms with van der Waals surface area (Å²) in [5.74, 6) is 2.40. The van der Waals surface area contributed by atoms with Gasteiger partial charge in [0.05, 0.1) is 31.0 Å². The van der Waals surface area contributed by atoms with E-state index < -0.39 is 6.04 Å². The molecule has 12 heteroatoms. The first-order valence-corrected chi connectivity index (χ1v) is 22.9. The Labute approximate surface area is 370 Å². The average molecular weight is 854 g/mol. The van der Waals surface area contributed by atoms with Gasteiger partial charge in [0.2, 0.25) is 5.91 Å². The number of nitrogens with one attached hydrogen (secondary N) is 1. The number of amides is 2. The molecule has 10 rings (SSSR count). The molecule has 0 saturated carbocycles. The van der Waals surface area contributed by atoms with Crippen molar-refractivity contribution in [3.05, 3.63) is 112 Å². The zero-order chi connectivity index (χ0) is 43.2. The molecule has 5 aliphatic heterocycles. The van der Waals surface area contributed by atoms with E-state index in [1.807, 2.05) is 18.2 Å². The van der Waals surface area contributed by atoms with Crippen LogP contribution in [0.4, 0.5) is 11.4 Å². The molecule has 6 aliphatic rings. The van der Waals surface area contributed by atoms with Gasteiger partial charge >= 0.3 is 0 Å². The molecule has 3 fully saturated rings. The number of aldehydes is 1. The molecule has 1 spiro atoms. The second-order valence-corrected chi connectivity index (χ2v) is 18.6. The molecule has 1 aliphatic carbocycles. The van der Waals surface area contributed by atoms with Gasteiger partial charge in [-0.3, -0.25) is 14.5 Å². The van der Waals surface area contributed by atoms with Gasteiger partial charge in [-0.15, -0.1) is 0 Å². The van der Waals surface area contributed by atoms with Crippen molar-refractivity contribution >= 4 is 29.5 Å². The second kappa shape index (κ2) is 17.2. The van der Waals surface area contributed by atoms with Crippen LogP contribution >= 0.6 is 0 Å². The summed E-state index contributed by atoms with van der Waals surface area (Å²) in [6, 6.07) is 26.9. The molecule has 4 aromatic rings. The maximum atomic E-state index is 13.5. The number of carbonyl (C=O) groups excluding carboxylic acids is 3. The van der Waals surface area contributed by atoms with E-state index >= 15 is 0 Å². The number of anilines is 2. The molecule has 5 unspecified atom stereocenters. The van der Waals surface area contributed by atoms with Crippen LogP contribution < -0.4 is 24.6 Å². The number of aromatic hydroxyl groups is 1. The Hall–Kier alpha value is -5.59. The normalized spacial score (nSPS) is 24.2. The predicted molar refractivity (Wildman–Crippen MR) is 241 cm³/mol. The number of methoxy groups -OCH3 is 1. The molecule has 330 valence electrons. The van der Waals surface area contributed by atoms with Crippen LogP contribution in [0.1, 0.15) is 88.5 Å². The summed E-state index contributed by atoms with van der Waals surface area (Å²) in [4.78, 5) is 46.5. The third kappa shape index (κ3) is 7.79. The maximum absolute atomic E-state index is 13.5. The summed E-state index contributed by atoms with van der Waals surface area (Å²) in [5, 5.41) is 13.0. The summed E-state index contributed by atoms with van der Waals surface area (Å²) in [5.41, 5.74) is 8.58. The Bertz CT molecular complexity index is 2370. The third-order valence-electron chi connectivity index (χ3n) is 15.0. The number of piperazine rings is 1. The van der Waals surface area contributed by atoms with Gasteiger partial charge in [-0.1, -0.05) is 42.5 Å². The lowest BCUT2D eigenvalue weighted by Gasteiger charge is -2.46. The zero-order valence-electron chi connectivity index (χ0n) is 36.5. The Morgan fingerprint density at radius 2 is 1.81 bits per heavy atom. The molecule has 5 atom stereocenters. The van der Waals surface area contributed by atoms with Crippen molar-refractivity contribution in [2.45, 2.75) is 81.0 Å². The molecule has 2 amide bonds. The van der Waals surface area contributed by atoms with Crippen molar-refractivity contribution in [2.75, 3.05) is 76.4 Å². The highest BCUT2D eigenvalue weighted by Gasteiger charge is 2.45. The number of piperidine rings is 1. The topological polar surface area (TPSA) is 124 Å². The molecule has 0 radical (unpaired) electrons. The van der Waals surface area contributed by atoms with Crippen molar-refractivity contribution in [1.82, 2.24) is 15.1 Å². The van der Waals surface area contributed by atoms with Crippen molar-refractivity contribution < 1.29 is 33.7 Å². The van der Waals surface area contributed by atoms with Crippen LogP contribution in [0.25, 0.3) is 0 Å². The van der Waals surface area contributed by atoms with E-state index in [0.29, 0.717) is 42.7 Å². The molecular weight excluding hydrogens is 795 g/mol. The van der Waals surface area contributed by atoms with Gasteiger partial charge in [-0.05, 0) is 103 Å². The summed E-state index contributed by atoms with van der Waals surface area (Å²) in [6.07, 6.45) is 6.30. The minimum Gasteiger partial charge on any atom is -0.508 e. The second-order valence-electron chi connectivity index (χ2n) is 18.6. The fourth-order valence-corrected chi connectivity index (χ4v) is 11.8. The minimum atomic E-state index is -0.694. The van der Waals surface area contributed by atoms with Gasteiger partial charge in [-0.2, -0.15) is 0 Å². The lowest BCUT2D eigenvalue weighted by atomic mass is 9.69. The SMILES string of the molecule is CNC(=O)C(CCC=O)N1Cc2cc3c(cc2C1=O)OCC1CN(CC2COC4(CCN(c5ccc(C6c7ccc(O)cc7CCC6c6ccccc6)c(OC)c5)CC4)C2)CCN31. The van der Waals surface area contributed by atoms with Gasteiger partial charge in [0.1, 0.15) is 36.2 Å². The van der Waals surface area contributed by atoms with Gasteiger partial charge in [-0.25, -0.2) is 0 Å². The number of ether oxygens (including phenoxy) is 3. The van der Waals surface area contributed by atoms with Crippen LogP contribution in [0, 0.1) is 5.92 Å². The molecule has 4 aromatic carbocycles. The first-order valence-electron chi connectivity index (χ1n) is 22.9. The van der Waals surface area contributed by atoms with Crippen molar-refractivity contribution in [2.24, 2.45) is 5.92 Å². The summed E-state index contributed by atoms with van der Waals surface area (Å²) in [7, 11) is 3.34. The highest BCUT2D eigenvalue weighted by atomic mass is 16.5. The first-order chi connectivity index (χ1) is 30.7. The van der Waals surface area contributed by atoms with Crippen LogP contribution in [0.3, 0.4) is 0 Å². The van der Waals surface area contributed by atoms with E-state index in [-0.39, 0.29) is 35.8 Å².